The quantitative estimate of drug-likeness (QED) is 0.794. The van der Waals surface area contributed by atoms with E-state index in [1.807, 2.05) is 48.8 Å². The number of aromatic nitrogens is 1. The van der Waals surface area contributed by atoms with Crippen LogP contribution in [0.4, 0.5) is 0 Å². The van der Waals surface area contributed by atoms with Gasteiger partial charge in [0.25, 0.3) is 0 Å². The molecule has 2 N–H and O–H groups in total. The second kappa shape index (κ2) is 5.61. The Labute approximate surface area is 122 Å². The molecule has 0 fully saturated rings. The Bertz CT molecular complexity index is 723. The predicted molar refractivity (Wildman–Crippen MR) is 83.3 cm³/mol. The molecular weight excluding hydrogens is 268 g/mol. The summed E-state index contributed by atoms with van der Waals surface area (Å²) in [5, 5.41) is 2.04. The maximum atomic E-state index is 6.39. The van der Waals surface area contributed by atoms with E-state index in [1.165, 1.54) is 0 Å². The fourth-order valence-electron chi connectivity index (χ4n) is 2.24. The Morgan fingerprint density at radius 2 is 2.15 bits per heavy atom. The molecular formula is C16H16N2OS. The smallest absolute Gasteiger partial charge is 0.124 e. The molecule has 1 aromatic carbocycles. The van der Waals surface area contributed by atoms with Gasteiger partial charge < -0.3 is 10.5 Å². The standard InChI is InChI=1S/C16H16N2OS/c1-2-19-14-6-4-3-5-12(14)16(17)11-9-15-13(18-10-11)7-8-20-15/h3-10,16H,2,17H2,1H3. The second-order valence-electron chi connectivity index (χ2n) is 4.52. The minimum absolute atomic E-state index is 0.225. The van der Waals surface area contributed by atoms with Gasteiger partial charge in [-0.15, -0.1) is 11.3 Å². The van der Waals surface area contributed by atoms with Gasteiger partial charge >= 0.3 is 0 Å². The molecule has 3 rings (SSSR count). The number of ether oxygens (including phenoxy) is 1. The van der Waals surface area contributed by atoms with Crippen LogP contribution < -0.4 is 10.5 Å². The van der Waals surface area contributed by atoms with E-state index >= 15 is 0 Å². The number of thiophene rings is 1. The molecule has 0 radical (unpaired) electrons. The number of benzene rings is 1. The lowest BCUT2D eigenvalue weighted by Crippen LogP contribution is -2.13. The highest BCUT2D eigenvalue weighted by Crippen LogP contribution is 2.30. The molecule has 0 bridgehead atoms. The van der Waals surface area contributed by atoms with Crippen LogP contribution in [0.2, 0.25) is 0 Å². The van der Waals surface area contributed by atoms with Crippen molar-refractivity contribution < 1.29 is 4.74 Å². The Morgan fingerprint density at radius 3 is 3.00 bits per heavy atom. The lowest BCUT2D eigenvalue weighted by molar-refractivity contribution is 0.335. The number of rotatable bonds is 4. The van der Waals surface area contributed by atoms with Crippen LogP contribution in [0.5, 0.6) is 5.75 Å². The first-order valence-corrected chi connectivity index (χ1v) is 7.48. The van der Waals surface area contributed by atoms with Crippen molar-refractivity contribution in [2.45, 2.75) is 13.0 Å². The van der Waals surface area contributed by atoms with Gasteiger partial charge in [-0.25, -0.2) is 0 Å². The molecule has 4 heteroatoms. The third kappa shape index (κ3) is 2.40. The molecule has 3 nitrogen and oxygen atoms in total. The van der Waals surface area contributed by atoms with Crippen LogP contribution in [0.1, 0.15) is 24.1 Å². The monoisotopic (exact) mass is 284 g/mol. The van der Waals surface area contributed by atoms with Crippen molar-refractivity contribution in [3.63, 3.8) is 0 Å². The van der Waals surface area contributed by atoms with E-state index in [2.05, 4.69) is 11.1 Å². The van der Waals surface area contributed by atoms with E-state index in [1.54, 1.807) is 11.3 Å². The van der Waals surface area contributed by atoms with Gasteiger partial charge in [-0.05, 0) is 36.1 Å². The summed E-state index contributed by atoms with van der Waals surface area (Å²) in [6.07, 6.45) is 1.85. The highest BCUT2D eigenvalue weighted by molar-refractivity contribution is 7.17. The maximum absolute atomic E-state index is 6.39. The summed E-state index contributed by atoms with van der Waals surface area (Å²) in [5.74, 6) is 0.841. The summed E-state index contributed by atoms with van der Waals surface area (Å²) >= 11 is 1.68. The van der Waals surface area contributed by atoms with Gasteiger partial charge in [-0.3, -0.25) is 4.98 Å². The SMILES string of the molecule is CCOc1ccccc1C(N)c1cnc2ccsc2c1. The van der Waals surface area contributed by atoms with E-state index < -0.39 is 0 Å². The van der Waals surface area contributed by atoms with Gasteiger partial charge in [0.2, 0.25) is 0 Å². The van der Waals surface area contributed by atoms with Gasteiger partial charge in [-0.1, -0.05) is 18.2 Å². The van der Waals surface area contributed by atoms with Crippen molar-refractivity contribution in [3.05, 3.63) is 59.1 Å². The first-order valence-electron chi connectivity index (χ1n) is 6.60. The largest absolute Gasteiger partial charge is 0.494 e. The Kier molecular flexibility index (Phi) is 3.67. The first-order chi connectivity index (χ1) is 9.79. The van der Waals surface area contributed by atoms with E-state index in [4.69, 9.17) is 10.5 Å². The zero-order valence-electron chi connectivity index (χ0n) is 11.2. The lowest BCUT2D eigenvalue weighted by atomic mass is 10.00. The summed E-state index contributed by atoms with van der Waals surface area (Å²) in [6, 6.07) is 11.8. The summed E-state index contributed by atoms with van der Waals surface area (Å²) < 4.78 is 6.81. The fourth-order valence-corrected chi connectivity index (χ4v) is 3.02. The molecule has 3 aromatic rings. The average molecular weight is 284 g/mol. The van der Waals surface area contributed by atoms with Gasteiger partial charge in [0, 0.05) is 11.8 Å². The van der Waals surface area contributed by atoms with Crippen LogP contribution in [0.3, 0.4) is 0 Å². The normalized spacial score (nSPS) is 12.5. The van der Waals surface area contributed by atoms with Crippen molar-refractivity contribution in [1.82, 2.24) is 4.98 Å². The molecule has 0 spiro atoms. The summed E-state index contributed by atoms with van der Waals surface area (Å²) in [6.45, 7) is 2.60. The predicted octanol–water partition coefficient (Wildman–Crippen LogP) is 3.74. The topological polar surface area (TPSA) is 48.1 Å². The number of pyridine rings is 1. The minimum Gasteiger partial charge on any atom is -0.494 e. The molecule has 0 aliphatic rings. The highest BCUT2D eigenvalue weighted by atomic mass is 32.1. The van der Waals surface area contributed by atoms with Crippen molar-refractivity contribution in [2.75, 3.05) is 6.61 Å². The number of hydrogen-bond acceptors (Lipinski definition) is 4. The molecule has 20 heavy (non-hydrogen) atoms. The van der Waals surface area contributed by atoms with Gasteiger partial charge in [0.1, 0.15) is 5.75 Å². The van der Waals surface area contributed by atoms with Crippen molar-refractivity contribution in [3.8, 4) is 5.75 Å². The lowest BCUT2D eigenvalue weighted by Gasteiger charge is -2.16. The van der Waals surface area contributed by atoms with Crippen LogP contribution in [0.25, 0.3) is 10.2 Å². The maximum Gasteiger partial charge on any atom is 0.124 e. The Balaban J connectivity index is 2.00. The zero-order chi connectivity index (χ0) is 13.9. The highest BCUT2D eigenvalue weighted by Gasteiger charge is 2.14. The molecule has 0 saturated heterocycles. The summed E-state index contributed by atoms with van der Waals surface area (Å²) in [4.78, 5) is 4.45. The molecule has 0 amide bonds. The molecule has 1 unspecified atom stereocenters. The first kappa shape index (κ1) is 13.1. The average Bonchev–Trinajstić information content (AvgIpc) is 2.95. The Hall–Kier alpha value is -1.91. The van der Waals surface area contributed by atoms with Crippen molar-refractivity contribution in [1.29, 1.82) is 0 Å². The number of fused-ring (bicyclic) bond motifs is 1. The number of hydrogen-bond donors (Lipinski definition) is 1. The van der Waals surface area contributed by atoms with Crippen LogP contribution in [0, 0.1) is 0 Å². The number of para-hydroxylation sites is 1. The van der Waals surface area contributed by atoms with Crippen LogP contribution in [-0.2, 0) is 0 Å². The molecule has 2 heterocycles. The minimum atomic E-state index is -0.225. The van der Waals surface area contributed by atoms with E-state index in [0.29, 0.717) is 6.61 Å². The third-order valence-electron chi connectivity index (χ3n) is 3.24. The molecule has 0 aliphatic heterocycles. The van der Waals surface area contributed by atoms with Gasteiger partial charge in [-0.2, -0.15) is 0 Å². The molecule has 0 saturated carbocycles. The van der Waals surface area contributed by atoms with Crippen LogP contribution in [0.15, 0.2) is 48.0 Å². The van der Waals surface area contributed by atoms with E-state index in [0.717, 1.165) is 27.1 Å². The van der Waals surface area contributed by atoms with E-state index in [9.17, 15) is 0 Å². The van der Waals surface area contributed by atoms with Crippen molar-refractivity contribution >= 4 is 21.6 Å². The number of nitrogens with zero attached hydrogens (tertiary/aromatic N) is 1. The fraction of sp³-hybridized carbons (Fsp3) is 0.188. The van der Waals surface area contributed by atoms with Crippen molar-refractivity contribution in [2.24, 2.45) is 5.73 Å². The van der Waals surface area contributed by atoms with E-state index in [-0.39, 0.29) is 6.04 Å². The second-order valence-corrected chi connectivity index (χ2v) is 5.47. The summed E-state index contributed by atoms with van der Waals surface area (Å²) in [5.41, 5.74) is 9.41. The molecule has 2 aromatic heterocycles. The summed E-state index contributed by atoms with van der Waals surface area (Å²) in [7, 11) is 0. The van der Waals surface area contributed by atoms with Crippen LogP contribution in [-0.4, -0.2) is 11.6 Å². The van der Waals surface area contributed by atoms with Gasteiger partial charge in [0.05, 0.1) is 22.9 Å². The van der Waals surface area contributed by atoms with Crippen LogP contribution >= 0.6 is 11.3 Å². The zero-order valence-corrected chi connectivity index (χ0v) is 12.1. The molecule has 0 aliphatic carbocycles. The Morgan fingerprint density at radius 1 is 1.30 bits per heavy atom. The molecule has 102 valence electrons. The molecule has 1 atom stereocenters. The third-order valence-corrected chi connectivity index (χ3v) is 4.09. The van der Waals surface area contributed by atoms with Gasteiger partial charge in [0.15, 0.2) is 0 Å². The number of nitrogens with two attached hydrogens (primary N) is 1.